The van der Waals surface area contributed by atoms with Gasteiger partial charge in [0, 0.05) is 10.9 Å². The van der Waals surface area contributed by atoms with Gasteiger partial charge in [-0.3, -0.25) is 14.6 Å². The number of carbonyl (C=O) groups excluding carboxylic acids is 2. The number of nitrogens with one attached hydrogen (secondary N) is 1. The summed E-state index contributed by atoms with van der Waals surface area (Å²) in [4.78, 5) is 27.7. The van der Waals surface area contributed by atoms with Gasteiger partial charge in [-0.05, 0) is 42.7 Å². The summed E-state index contributed by atoms with van der Waals surface area (Å²) in [6.45, 7) is 0. The predicted molar refractivity (Wildman–Crippen MR) is 97.9 cm³/mol. The number of nitrogens with zero attached hydrogens (tertiary/aromatic N) is 1. The summed E-state index contributed by atoms with van der Waals surface area (Å²) in [7, 11) is 0. The van der Waals surface area contributed by atoms with Gasteiger partial charge in [-0.25, -0.2) is 4.39 Å². The lowest BCUT2D eigenvalue weighted by molar-refractivity contribution is -0.113. The van der Waals surface area contributed by atoms with E-state index in [1.54, 1.807) is 6.20 Å². The fourth-order valence-corrected chi connectivity index (χ4v) is 2.69. The minimum absolute atomic E-state index is 0.137. The maximum atomic E-state index is 13.2. The molecule has 131 valence electrons. The number of benzene rings is 2. The van der Waals surface area contributed by atoms with Crippen LogP contribution in [0.4, 0.5) is 10.1 Å². The molecule has 3 aromatic rings. The molecule has 0 atom stereocenters. The van der Waals surface area contributed by atoms with Crippen LogP contribution < -0.4 is 11.1 Å². The van der Waals surface area contributed by atoms with E-state index >= 15 is 0 Å². The quantitative estimate of drug-likeness (QED) is 0.716. The van der Waals surface area contributed by atoms with Crippen LogP contribution >= 0.6 is 0 Å². The zero-order chi connectivity index (χ0) is 18.5. The second-order valence-corrected chi connectivity index (χ2v) is 5.81. The van der Waals surface area contributed by atoms with Gasteiger partial charge in [0.2, 0.25) is 11.8 Å². The van der Waals surface area contributed by atoms with Crippen LogP contribution in [0.15, 0.2) is 54.7 Å². The van der Waals surface area contributed by atoms with Crippen molar-refractivity contribution in [3.05, 3.63) is 78.1 Å². The number of nitrogens with two attached hydrogens (primary N) is 1. The third kappa shape index (κ3) is 4.22. The lowest BCUT2D eigenvalue weighted by atomic mass is 10.0. The normalized spacial score (nSPS) is 10.7. The van der Waals surface area contributed by atoms with Gasteiger partial charge in [-0.2, -0.15) is 0 Å². The number of pyridine rings is 1. The summed E-state index contributed by atoms with van der Waals surface area (Å²) in [6.07, 6.45) is 3.86. The Morgan fingerprint density at radius 3 is 2.77 bits per heavy atom. The molecule has 3 N–H and O–H groups in total. The van der Waals surface area contributed by atoms with Gasteiger partial charge in [-0.15, -0.1) is 0 Å². The molecule has 0 bridgehead atoms. The number of aryl methyl sites for hydroxylation is 1. The van der Waals surface area contributed by atoms with Crippen molar-refractivity contribution in [2.45, 2.75) is 12.8 Å². The summed E-state index contributed by atoms with van der Waals surface area (Å²) in [5.74, 6) is -1.48. The van der Waals surface area contributed by atoms with Crippen LogP contribution in [0.25, 0.3) is 10.9 Å². The molecule has 0 aliphatic carbocycles. The average Bonchev–Trinajstić information content (AvgIpc) is 2.62. The number of halogens is 1. The molecule has 1 heterocycles. The highest BCUT2D eigenvalue weighted by molar-refractivity contribution is 5.98. The van der Waals surface area contributed by atoms with E-state index in [0.29, 0.717) is 24.1 Å². The van der Waals surface area contributed by atoms with Crippen molar-refractivity contribution in [3.8, 4) is 0 Å². The Morgan fingerprint density at radius 2 is 1.96 bits per heavy atom. The first kappa shape index (κ1) is 17.5. The highest BCUT2D eigenvalue weighted by Gasteiger charge is 2.11. The SMILES string of the molecule is NC(=O)c1cc(F)ccc1CC[CH]C(=O)Nc1cnc2ccccc2c1. The standard InChI is InChI=1S/C20H17FN3O2/c21-15-9-8-13(17(11-15)20(22)26)5-3-7-19(25)24-16-10-14-4-1-2-6-18(14)23-12-16/h1-2,4,6-12H,3,5H2,(H2,22,26)(H,24,25). The fraction of sp³-hybridized carbons (Fsp3) is 0.100. The summed E-state index contributed by atoms with van der Waals surface area (Å²) in [6, 6.07) is 13.3. The predicted octanol–water partition coefficient (Wildman–Crippen LogP) is 3.25. The highest BCUT2D eigenvalue weighted by atomic mass is 19.1. The van der Waals surface area contributed by atoms with E-state index in [1.165, 1.54) is 18.6 Å². The van der Waals surface area contributed by atoms with Gasteiger partial charge in [0.25, 0.3) is 0 Å². The van der Waals surface area contributed by atoms with E-state index < -0.39 is 11.7 Å². The number of primary amides is 1. The van der Waals surface area contributed by atoms with Crippen LogP contribution in [0.3, 0.4) is 0 Å². The minimum atomic E-state index is -0.689. The van der Waals surface area contributed by atoms with Gasteiger partial charge in [-0.1, -0.05) is 24.3 Å². The Kier molecular flexibility index (Phi) is 5.22. The van der Waals surface area contributed by atoms with Crippen molar-refractivity contribution in [1.82, 2.24) is 4.98 Å². The molecule has 0 spiro atoms. The van der Waals surface area contributed by atoms with Crippen LogP contribution in [0, 0.1) is 12.2 Å². The van der Waals surface area contributed by atoms with Gasteiger partial charge in [0.05, 0.1) is 23.8 Å². The highest BCUT2D eigenvalue weighted by Crippen LogP contribution is 2.17. The number of carbonyl (C=O) groups is 2. The molecule has 2 aromatic carbocycles. The molecule has 5 nitrogen and oxygen atoms in total. The van der Waals surface area contributed by atoms with Gasteiger partial charge >= 0.3 is 0 Å². The second-order valence-electron chi connectivity index (χ2n) is 5.81. The number of anilines is 1. The first-order valence-corrected chi connectivity index (χ1v) is 8.10. The summed E-state index contributed by atoms with van der Waals surface area (Å²) < 4.78 is 13.2. The van der Waals surface area contributed by atoms with Crippen molar-refractivity contribution in [1.29, 1.82) is 0 Å². The third-order valence-corrected chi connectivity index (χ3v) is 3.94. The Bertz CT molecular complexity index is 972. The van der Waals surface area contributed by atoms with E-state index in [9.17, 15) is 14.0 Å². The van der Waals surface area contributed by atoms with Crippen LogP contribution in [-0.4, -0.2) is 16.8 Å². The number of para-hydroxylation sites is 1. The van der Waals surface area contributed by atoms with Gasteiger partial charge in [0.15, 0.2) is 0 Å². The molecular formula is C20H17FN3O2. The Morgan fingerprint density at radius 1 is 1.15 bits per heavy atom. The average molecular weight is 350 g/mol. The van der Waals surface area contributed by atoms with Crippen molar-refractivity contribution < 1.29 is 14.0 Å². The molecular weight excluding hydrogens is 333 g/mol. The molecule has 0 saturated carbocycles. The zero-order valence-corrected chi connectivity index (χ0v) is 13.9. The van der Waals surface area contributed by atoms with Crippen LogP contribution in [0.2, 0.25) is 0 Å². The van der Waals surface area contributed by atoms with E-state index in [1.807, 2.05) is 30.3 Å². The van der Waals surface area contributed by atoms with Gasteiger partial charge in [0.1, 0.15) is 5.82 Å². The molecule has 0 aliphatic heterocycles. The zero-order valence-electron chi connectivity index (χ0n) is 13.9. The molecule has 0 saturated heterocycles. The van der Waals surface area contributed by atoms with Crippen molar-refractivity contribution in [2.75, 3.05) is 5.32 Å². The van der Waals surface area contributed by atoms with Crippen molar-refractivity contribution in [2.24, 2.45) is 5.73 Å². The summed E-state index contributed by atoms with van der Waals surface area (Å²) in [5.41, 5.74) is 7.46. The number of rotatable bonds is 6. The topological polar surface area (TPSA) is 85.1 Å². The number of hydrogen-bond donors (Lipinski definition) is 2. The third-order valence-electron chi connectivity index (χ3n) is 3.94. The largest absolute Gasteiger partial charge is 0.366 e. The molecule has 2 amide bonds. The number of aromatic nitrogens is 1. The van der Waals surface area contributed by atoms with Gasteiger partial charge < -0.3 is 11.1 Å². The Hall–Kier alpha value is -3.28. The Balaban J connectivity index is 1.58. The molecule has 0 unspecified atom stereocenters. The van der Waals surface area contributed by atoms with Crippen molar-refractivity contribution >= 4 is 28.4 Å². The van der Waals surface area contributed by atoms with E-state index in [0.717, 1.165) is 17.0 Å². The molecule has 1 aromatic heterocycles. The molecule has 3 rings (SSSR count). The number of hydrogen-bond acceptors (Lipinski definition) is 3. The van der Waals surface area contributed by atoms with Crippen molar-refractivity contribution in [3.63, 3.8) is 0 Å². The first-order valence-electron chi connectivity index (χ1n) is 8.10. The fourth-order valence-electron chi connectivity index (χ4n) is 2.69. The minimum Gasteiger partial charge on any atom is -0.366 e. The molecule has 6 heteroatoms. The smallest absolute Gasteiger partial charge is 0.249 e. The maximum absolute atomic E-state index is 13.2. The number of amides is 2. The lowest BCUT2D eigenvalue weighted by Crippen LogP contribution is -2.15. The monoisotopic (exact) mass is 350 g/mol. The van der Waals surface area contributed by atoms with E-state index in [2.05, 4.69) is 10.3 Å². The van der Waals surface area contributed by atoms with E-state index in [-0.39, 0.29) is 11.5 Å². The molecule has 0 fully saturated rings. The lowest BCUT2D eigenvalue weighted by Gasteiger charge is -2.08. The van der Waals surface area contributed by atoms with Crippen LogP contribution in [0.5, 0.6) is 0 Å². The second kappa shape index (κ2) is 7.74. The van der Waals surface area contributed by atoms with E-state index in [4.69, 9.17) is 5.73 Å². The summed E-state index contributed by atoms with van der Waals surface area (Å²) >= 11 is 0. The van der Waals surface area contributed by atoms with Crippen LogP contribution in [0.1, 0.15) is 22.3 Å². The molecule has 1 radical (unpaired) electrons. The molecule has 26 heavy (non-hydrogen) atoms. The van der Waals surface area contributed by atoms with Crippen LogP contribution in [-0.2, 0) is 11.2 Å². The first-order chi connectivity index (χ1) is 12.5. The summed E-state index contributed by atoms with van der Waals surface area (Å²) in [5, 5.41) is 3.69. The number of fused-ring (bicyclic) bond motifs is 1. The molecule has 0 aliphatic rings. The maximum Gasteiger partial charge on any atom is 0.249 e. The Labute approximate surface area is 150 Å².